The first-order chi connectivity index (χ1) is 11.5. The van der Waals surface area contributed by atoms with Crippen LogP contribution in [0.4, 0.5) is 5.69 Å². The van der Waals surface area contributed by atoms with Gasteiger partial charge >= 0.3 is 0 Å². The van der Waals surface area contributed by atoms with Gasteiger partial charge in [-0.1, -0.05) is 29.8 Å². The molecule has 1 N–H and O–H groups in total. The third-order valence-electron chi connectivity index (χ3n) is 3.51. The fraction of sp³-hybridized carbons (Fsp3) is 0.263. The van der Waals surface area contributed by atoms with Crippen LogP contribution in [0.15, 0.2) is 42.5 Å². The largest absolute Gasteiger partial charge is 0.496 e. The van der Waals surface area contributed by atoms with Gasteiger partial charge in [-0.3, -0.25) is 9.59 Å². The van der Waals surface area contributed by atoms with Crippen LogP contribution >= 0.6 is 11.8 Å². The number of anilines is 1. The van der Waals surface area contributed by atoms with E-state index in [0.29, 0.717) is 22.8 Å². The number of aryl methyl sites for hydroxylation is 1. The maximum absolute atomic E-state index is 12.1. The number of carbonyl (C=O) groups excluding carboxylic acids is 2. The third-order valence-corrected chi connectivity index (χ3v) is 4.49. The highest BCUT2D eigenvalue weighted by Gasteiger charge is 2.10. The van der Waals surface area contributed by atoms with Crippen LogP contribution in [0.2, 0.25) is 0 Å². The second kappa shape index (κ2) is 8.55. The predicted molar refractivity (Wildman–Crippen MR) is 99.0 cm³/mol. The summed E-state index contributed by atoms with van der Waals surface area (Å²) in [6.45, 7) is 3.52. The zero-order valence-electron chi connectivity index (χ0n) is 14.1. The second-order valence-electron chi connectivity index (χ2n) is 5.46. The molecule has 0 spiro atoms. The second-order valence-corrected chi connectivity index (χ2v) is 6.44. The van der Waals surface area contributed by atoms with Gasteiger partial charge in [0.2, 0.25) is 5.91 Å². The Hall–Kier alpha value is -2.27. The number of ketones is 1. The first-order valence-electron chi connectivity index (χ1n) is 7.62. The molecule has 0 bridgehead atoms. The van der Waals surface area contributed by atoms with E-state index in [9.17, 15) is 9.59 Å². The maximum atomic E-state index is 12.1. The van der Waals surface area contributed by atoms with Gasteiger partial charge in [0, 0.05) is 16.9 Å². The van der Waals surface area contributed by atoms with Crippen molar-refractivity contribution in [1.29, 1.82) is 0 Å². The Bertz CT molecular complexity index is 743. The molecule has 0 heterocycles. The van der Waals surface area contributed by atoms with Crippen molar-refractivity contribution in [3.63, 3.8) is 0 Å². The third kappa shape index (κ3) is 4.86. The molecule has 0 saturated heterocycles. The van der Waals surface area contributed by atoms with Crippen LogP contribution in [0.1, 0.15) is 28.4 Å². The Labute approximate surface area is 146 Å². The van der Waals surface area contributed by atoms with Crippen molar-refractivity contribution >= 4 is 29.1 Å². The lowest BCUT2D eigenvalue weighted by atomic mass is 10.1. The molecular formula is C19H21NO3S. The number of ether oxygens (including phenoxy) is 1. The van der Waals surface area contributed by atoms with E-state index in [0.717, 1.165) is 16.9 Å². The first kappa shape index (κ1) is 18.1. The van der Waals surface area contributed by atoms with Crippen LogP contribution in [0.3, 0.4) is 0 Å². The van der Waals surface area contributed by atoms with E-state index in [2.05, 4.69) is 11.4 Å². The Kier molecular flexibility index (Phi) is 6.44. The lowest BCUT2D eigenvalue weighted by molar-refractivity contribution is -0.113. The number of para-hydroxylation sites is 1. The van der Waals surface area contributed by atoms with Crippen molar-refractivity contribution in [1.82, 2.24) is 0 Å². The monoisotopic (exact) mass is 343 g/mol. The van der Waals surface area contributed by atoms with Gasteiger partial charge in [0.15, 0.2) is 5.78 Å². The van der Waals surface area contributed by atoms with Crippen molar-refractivity contribution in [3.8, 4) is 5.75 Å². The fourth-order valence-electron chi connectivity index (χ4n) is 2.36. The van der Waals surface area contributed by atoms with Crippen LogP contribution in [0.25, 0.3) is 0 Å². The Morgan fingerprint density at radius 3 is 2.62 bits per heavy atom. The average molecular weight is 343 g/mol. The zero-order chi connectivity index (χ0) is 17.5. The van der Waals surface area contributed by atoms with Crippen LogP contribution < -0.4 is 10.1 Å². The number of Topliss-reactive ketones (excluding diaryl/α,β-unsaturated/α-hetero) is 1. The highest BCUT2D eigenvalue weighted by Crippen LogP contribution is 2.24. The van der Waals surface area contributed by atoms with E-state index in [1.165, 1.54) is 18.7 Å². The zero-order valence-corrected chi connectivity index (χ0v) is 14.9. The van der Waals surface area contributed by atoms with Crippen molar-refractivity contribution in [2.75, 3.05) is 18.2 Å². The number of benzene rings is 2. The van der Waals surface area contributed by atoms with Crippen molar-refractivity contribution in [3.05, 3.63) is 59.2 Å². The number of hydrogen-bond donors (Lipinski definition) is 1. The summed E-state index contributed by atoms with van der Waals surface area (Å²) in [5, 5.41) is 2.81. The molecule has 0 saturated carbocycles. The number of nitrogens with one attached hydrogen (secondary N) is 1. The minimum atomic E-state index is -0.125. The highest BCUT2D eigenvalue weighted by atomic mass is 32.2. The Balaban J connectivity index is 1.93. The van der Waals surface area contributed by atoms with E-state index in [-0.39, 0.29) is 11.7 Å². The quantitative estimate of drug-likeness (QED) is 0.770. The van der Waals surface area contributed by atoms with E-state index in [1.54, 1.807) is 31.4 Å². The molecule has 0 aromatic heterocycles. The maximum Gasteiger partial charge on any atom is 0.234 e. The van der Waals surface area contributed by atoms with Crippen LogP contribution in [-0.4, -0.2) is 24.6 Å². The number of thioether (sulfide) groups is 1. The SMILES string of the molecule is COc1ccc(C)cc1CSCC(=O)Nc1ccccc1C(C)=O. The van der Waals surface area contributed by atoms with Gasteiger partial charge < -0.3 is 10.1 Å². The average Bonchev–Trinajstić information content (AvgIpc) is 2.55. The minimum absolute atomic E-state index is 0.0666. The van der Waals surface area contributed by atoms with E-state index in [1.807, 2.05) is 19.1 Å². The number of hydrogen-bond acceptors (Lipinski definition) is 4. The molecule has 2 aromatic carbocycles. The molecule has 2 rings (SSSR count). The van der Waals surface area contributed by atoms with Crippen LogP contribution in [-0.2, 0) is 10.5 Å². The first-order valence-corrected chi connectivity index (χ1v) is 8.78. The van der Waals surface area contributed by atoms with Crippen molar-refractivity contribution in [2.24, 2.45) is 0 Å². The summed E-state index contributed by atoms with van der Waals surface area (Å²) < 4.78 is 5.34. The van der Waals surface area contributed by atoms with E-state index < -0.39 is 0 Å². The number of methoxy groups -OCH3 is 1. The van der Waals surface area contributed by atoms with Crippen LogP contribution in [0, 0.1) is 6.92 Å². The van der Waals surface area contributed by atoms with E-state index in [4.69, 9.17) is 4.74 Å². The van der Waals surface area contributed by atoms with Gasteiger partial charge in [0.25, 0.3) is 0 Å². The molecule has 0 aliphatic rings. The van der Waals surface area contributed by atoms with Gasteiger partial charge in [-0.2, -0.15) is 0 Å². The topological polar surface area (TPSA) is 55.4 Å². The Morgan fingerprint density at radius 2 is 1.92 bits per heavy atom. The standard InChI is InChI=1S/C19H21NO3S/c1-13-8-9-18(23-3)15(10-13)11-24-12-19(22)20-17-7-5-4-6-16(17)14(2)21/h4-10H,11-12H2,1-3H3,(H,20,22). The van der Waals surface area contributed by atoms with E-state index >= 15 is 0 Å². The number of carbonyl (C=O) groups is 2. The normalized spacial score (nSPS) is 10.3. The molecule has 2 aromatic rings. The summed E-state index contributed by atoms with van der Waals surface area (Å²) in [6, 6.07) is 13.0. The lowest BCUT2D eigenvalue weighted by Gasteiger charge is -2.10. The summed E-state index contributed by atoms with van der Waals surface area (Å²) in [5.74, 6) is 1.63. The molecule has 24 heavy (non-hydrogen) atoms. The summed E-state index contributed by atoms with van der Waals surface area (Å²) in [7, 11) is 1.64. The summed E-state index contributed by atoms with van der Waals surface area (Å²) in [5.41, 5.74) is 3.31. The molecular weight excluding hydrogens is 322 g/mol. The van der Waals surface area contributed by atoms with Gasteiger partial charge in [-0.25, -0.2) is 0 Å². The van der Waals surface area contributed by atoms with Gasteiger partial charge in [0.05, 0.1) is 18.6 Å². The lowest BCUT2D eigenvalue weighted by Crippen LogP contribution is -2.16. The molecule has 126 valence electrons. The molecule has 0 radical (unpaired) electrons. The molecule has 1 amide bonds. The summed E-state index contributed by atoms with van der Waals surface area (Å²) >= 11 is 1.51. The van der Waals surface area contributed by atoms with Crippen molar-refractivity contribution in [2.45, 2.75) is 19.6 Å². The number of amides is 1. The molecule has 0 atom stereocenters. The molecule has 4 nitrogen and oxygen atoms in total. The molecule has 0 fully saturated rings. The molecule has 0 aliphatic heterocycles. The molecule has 0 unspecified atom stereocenters. The summed E-state index contributed by atoms with van der Waals surface area (Å²) in [6.07, 6.45) is 0. The fourth-order valence-corrected chi connectivity index (χ4v) is 3.16. The van der Waals surface area contributed by atoms with Crippen LogP contribution in [0.5, 0.6) is 5.75 Å². The molecule has 0 aliphatic carbocycles. The van der Waals surface area contributed by atoms with Gasteiger partial charge in [0.1, 0.15) is 5.75 Å². The Morgan fingerprint density at radius 1 is 1.17 bits per heavy atom. The summed E-state index contributed by atoms with van der Waals surface area (Å²) in [4.78, 5) is 23.7. The molecule has 5 heteroatoms. The van der Waals surface area contributed by atoms with Gasteiger partial charge in [-0.15, -0.1) is 11.8 Å². The smallest absolute Gasteiger partial charge is 0.234 e. The van der Waals surface area contributed by atoms with Gasteiger partial charge in [-0.05, 0) is 32.0 Å². The van der Waals surface area contributed by atoms with Crippen molar-refractivity contribution < 1.29 is 14.3 Å². The predicted octanol–water partition coefficient (Wildman–Crippen LogP) is 4.08. The minimum Gasteiger partial charge on any atom is -0.496 e. The number of rotatable bonds is 7. The highest BCUT2D eigenvalue weighted by molar-refractivity contribution is 7.99.